The summed E-state index contributed by atoms with van der Waals surface area (Å²) in [6.07, 6.45) is 6.07. The van der Waals surface area contributed by atoms with Crippen LogP contribution in [0.5, 0.6) is 0 Å². The molecular weight excluding hydrogens is 356 g/mol. The number of hydrogen-bond acceptors (Lipinski definition) is 5. The third-order valence-corrected chi connectivity index (χ3v) is 5.87. The molecule has 0 spiro atoms. The first kappa shape index (κ1) is 18.9. The molecule has 1 aromatic carbocycles. The summed E-state index contributed by atoms with van der Waals surface area (Å²) in [7, 11) is 0. The lowest BCUT2D eigenvalue weighted by Crippen LogP contribution is -2.62. The Balaban J connectivity index is 1.37. The summed E-state index contributed by atoms with van der Waals surface area (Å²) in [6.45, 7) is 3.85. The number of nitrogens with one attached hydrogen (secondary N) is 2. The number of primary amides is 1. The highest BCUT2D eigenvalue weighted by molar-refractivity contribution is 5.91. The molecule has 28 heavy (non-hydrogen) atoms. The average Bonchev–Trinajstić information content (AvgIpc) is 3.20. The number of benzene rings is 1. The second kappa shape index (κ2) is 8.28. The summed E-state index contributed by atoms with van der Waals surface area (Å²) >= 11 is 0. The molecule has 3 heterocycles. The van der Waals surface area contributed by atoms with E-state index in [4.69, 9.17) is 5.73 Å². The largest absolute Gasteiger partial charge is 0.368 e. The fraction of sp³-hybridized carbons (Fsp3) is 0.500. The van der Waals surface area contributed by atoms with Crippen LogP contribution in [0.4, 0.5) is 0 Å². The van der Waals surface area contributed by atoms with Gasteiger partial charge in [-0.15, -0.1) is 0 Å². The van der Waals surface area contributed by atoms with Crippen LogP contribution in [0, 0.1) is 6.42 Å². The van der Waals surface area contributed by atoms with Crippen molar-refractivity contribution in [1.29, 1.82) is 0 Å². The van der Waals surface area contributed by atoms with E-state index in [9.17, 15) is 9.59 Å². The first-order chi connectivity index (χ1) is 13.6. The molecule has 8 nitrogen and oxygen atoms in total. The van der Waals surface area contributed by atoms with Crippen molar-refractivity contribution in [3.05, 3.63) is 36.4 Å². The number of fused-ring (bicyclic) bond motifs is 1. The minimum atomic E-state index is -0.566. The minimum absolute atomic E-state index is 0.124. The number of nitrogens with two attached hydrogens (primary N) is 1. The summed E-state index contributed by atoms with van der Waals surface area (Å²) in [5.74, 6) is -0.554. The van der Waals surface area contributed by atoms with E-state index in [1.54, 1.807) is 17.5 Å². The number of nitrogens with zero attached hydrogens (tertiary/aromatic N) is 3. The molecule has 1 radical (unpaired) electrons. The van der Waals surface area contributed by atoms with E-state index in [-0.39, 0.29) is 5.91 Å². The van der Waals surface area contributed by atoms with Crippen LogP contribution in [0.25, 0.3) is 10.9 Å². The standard InChI is InChI=1S/C20H27N6O2/c21-20(28)18-13-25(16-5-7-22-8-6-16)9-10-26(18)19(27)4-2-14-1-3-17-15(11-14)12-23-24-17/h1,3-4,11-12,16,18,22H,2,5-10,13H2,(H2,21,28)(H,23,24). The SMILES string of the molecule is NC(=O)C1CN(C2CCNCC2)CCN1C(=O)[CH]Cc1ccc2[nH]ncc2c1. The monoisotopic (exact) mass is 383 g/mol. The molecule has 2 amide bonds. The van der Waals surface area contributed by atoms with E-state index in [1.807, 2.05) is 18.2 Å². The Hall–Kier alpha value is -2.45. The third-order valence-electron chi connectivity index (χ3n) is 5.87. The van der Waals surface area contributed by atoms with Gasteiger partial charge in [0.05, 0.1) is 18.1 Å². The van der Waals surface area contributed by atoms with Gasteiger partial charge in [-0.3, -0.25) is 19.6 Å². The van der Waals surface area contributed by atoms with Crippen molar-refractivity contribution in [2.24, 2.45) is 5.73 Å². The van der Waals surface area contributed by atoms with E-state index in [2.05, 4.69) is 20.4 Å². The van der Waals surface area contributed by atoms with Gasteiger partial charge < -0.3 is 16.0 Å². The van der Waals surface area contributed by atoms with Crippen LogP contribution in [-0.4, -0.2) is 76.6 Å². The molecule has 1 atom stereocenters. The summed E-state index contributed by atoms with van der Waals surface area (Å²) in [6, 6.07) is 5.85. The molecule has 2 aliphatic rings. The van der Waals surface area contributed by atoms with E-state index in [0.717, 1.165) is 48.9 Å². The van der Waals surface area contributed by atoms with Gasteiger partial charge in [0.15, 0.2) is 0 Å². The van der Waals surface area contributed by atoms with Gasteiger partial charge in [0.25, 0.3) is 0 Å². The van der Waals surface area contributed by atoms with Crippen molar-refractivity contribution < 1.29 is 9.59 Å². The molecule has 2 saturated heterocycles. The maximum Gasteiger partial charge on any atom is 0.241 e. The maximum atomic E-state index is 12.8. The van der Waals surface area contributed by atoms with Gasteiger partial charge in [0.1, 0.15) is 6.04 Å². The fourth-order valence-electron chi connectivity index (χ4n) is 4.26. The predicted molar refractivity (Wildman–Crippen MR) is 106 cm³/mol. The highest BCUT2D eigenvalue weighted by atomic mass is 16.2. The molecule has 1 aromatic heterocycles. The number of amides is 2. The van der Waals surface area contributed by atoms with Crippen molar-refractivity contribution >= 4 is 22.7 Å². The van der Waals surface area contributed by atoms with E-state index < -0.39 is 11.9 Å². The number of aromatic amines is 1. The average molecular weight is 383 g/mol. The van der Waals surface area contributed by atoms with Crippen LogP contribution in [0.1, 0.15) is 18.4 Å². The third kappa shape index (κ3) is 4.02. The minimum Gasteiger partial charge on any atom is -0.368 e. The molecule has 0 aliphatic carbocycles. The van der Waals surface area contributed by atoms with Gasteiger partial charge in [-0.2, -0.15) is 5.10 Å². The number of H-pyrrole nitrogens is 1. The number of rotatable bonds is 5. The van der Waals surface area contributed by atoms with E-state index in [0.29, 0.717) is 25.6 Å². The number of carbonyl (C=O) groups is 2. The van der Waals surface area contributed by atoms with Crippen LogP contribution in [0.2, 0.25) is 0 Å². The van der Waals surface area contributed by atoms with Gasteiger partial charge in [-0.25, -0.2) is 0 Å². The summed E-state index contributed by atoms with van der Waals surface area (Å²) < 4.78 is 0. The first-order valence-corrected chi connectivity index (χ1v) is 9.92. The Bertz CT molecular complexity index is 844. The van der Waals surface area contributed by atoms with Crippen molar-refractivity contribution in [2.45, 2.75) is 31.3 Å². The second-order valence-corrected chi connectivity index (χ2v) is 7.63. The topological polar surface area (TPSA) is 107 Å². The molecule has 8 heteroatoms. The zero-order chi connectivity index (χ0) is 19.5. The highest BCUT2D eigenvalue weighted by Gasteiger charge is 2.36. The van der Waals surface area contributed by atoms with Crippen LogP contribution in [-0.2, 0) is 16.0 Å². The molecule has 2 aromatic rings. The van der Waals surface area contributed by atoms with Gasteiger partial charge >= 0.3 is 0 Å². The lowest BCUT2D eigenvalue weighted by atomic mass is 10.0. The highest BCUT2D eigenvalue weighted by Crippen LogP contribution is 2.20. The number of aromatic nitrogens is 2. The van der Waals surface area contributed by atoms with Gasteiger partial charge in [-0.05, 0) is 50.0 Å². The molecule has 4 N–H and O–H groups in total. The number of piperidine rings is 1. The Morgan fingerprint density at radius 3 is 2.86 bits per heavy atom. The first-order valence-electron chi connectivity index (χ1n) is 9.92. The Morgan fingerprint density at radius 2 is 2.07 bits per heavy atom. The van der Waals surface area contributed by atoms with E-state index in [1.165, 1.54) is 0 Å². The molecule has 1 unspecified atom stereocenters. The van der Waals surface area contributed by atoms with Crippen molar-refractivity contribution in [3.63, 3.8) is 0 Å². The van der Waals surface area contributed by atoms with Crippen LogP contribution in [0.15, 0.2) is 24.4 Å². The molecule has 149 valence electrons. The molecule has 0 bridgehead atoms. The Kier molecular flexibility index (Phi) is 5.59. The number of carbonyl (C=O) groups excluding carboxylic acids is 2. The molecule has 0 saturated carbocycles. The molecule has 4 rings (SSSR count). The van der Waals surface area contributed by atoms with E-state index >= 15 is 0 Å². The fourth-order valence-corrected chi connectivity index (χ4v) is 4.26. The summed E-state index contributed by atoms with van der Waals surface area (Å²) in [5.41, 5.74) is 7.65. The normalized spacial score (nSPS) is 21.9. The maximum absolute atomic E-state index is 12.8. The summed E-state index contributed by atoms with van der Waals surface area (Å²) in [4.78, 5) is 28.8. The van der Waals surface area contributed by atoms with Crippen molar-refractivity contribution in [1.82, 2.24) is 25.3 Å². The van der Waals surface area contributed by atoms with Gasteiger partial charge in [-0.1, -0.05) is 6.07 Å². The van der Waals surface area contributed by atoms with Gasteiger partial charge in [0, 0.05) is 31.1 Å². The lowest BCUT2D eigenvalue weighted by molar-refractivity contribution is -0.141. The van der Waals surface area contributed by atoms with Crippen LogP contribution < -0.4 is 11.1 Å². The quantitative estimate of drug-likeness (QED) is 0.677. The zero-order valence-electron chi connectivity index (χ0n) is 15.9. The smallest absolute Gasteiger partial charge is 0.241 e. The Morgan fingerprint density at radius 1 is 1.25 bits per heavy atom. The van der Waals surface area contributed by atoms with Crippen LogP contribution in [0.3, 0.4) is 0 Å². The zero-order valence-corrected chi connectivity index (χ0v) is 15.9. The number of piperazine rings is 1. The Labute approximate surface area is 164 Å². The number of hydrogen-bond donors (Lipinski definition) is 3. The van der Waals surface area contributed by atoms with Crippen LogP contribution >= 0.6 is 0 Å². The van der Waals surface area contributed by atoms with Crippen molar-refractivity contribution in [3.8, 4) is 0 Å². The molecule has 2 fully saturated rings. The van der Waals surface area contributed by atoms with Gasteiger partial charge in [0.2, 0.25) is 11.8 Å². The van der Waals surface area contributed by atoms with Crippen molar-refractivity contribution in [2.75, 3.05) is 32.7 Å². The second-order valence-electron chi connectivity index (χ2n) is 7.63. The lowest BCUT2D eigenvalue weighted by Gasteiger charge is -2.44. The molecule has 2 aliphatic heterocycles. The predicted octanol–water partition coefficient (Wildman–Crippen LogP) is 0.0598. The molecular formula is C20H27N6O2. The summed E-state index contributed by atoms with van der Waals surface area (Å²) in [5, 5.41) is 11.3.